The van der Waals surface area contributed by atoms with E-state index in [-0.39, 0.29) is 11.6 Å². The molecule has 0 aliphatic carbocycles. The lowest BCUT2D eigenvalue weighted by Gasteiger charge is -2.16. The zero-order chi connectivity index (χ0) is 16.0. The van der Waals surface area contributed by atoms with Gasteiger partial charge < -0.3 is 10.4 Å². The number of hydrogen-bond acceptors (Lipinski definition) is 4. The summed E-state index contributed by atoms with van der Waals surface area (Å²) in [5.74, 6) is -1.93. The third-order valence-electron chi connectivity index (χ3n) is 2.74. The highest BCUT2D eigenvalue weighted by Gasteiger charge is 2.22. The highest BCUT2D eigenvalue weighted by Crippen LogP contribution is 2.14. The number of carboxylic acid groups (broad SMARTS) is 1. The Bertz CT molecular complexity index is 580. The molecule has 1 atom stereocenters. The molecule has 1 unspecified atom stereocenters. The molecule has 0 saturated carbocycles. The Balaban J connectivity index is 2.76. The van der Waals surface area contributed by atoms with Gasteiger partial charge in [0.15, 0.2) is 0 Å². The summed E-state index contributed by atoms with van der Waals surface area (Å²) in [5.41, 5.74) is 0.402. The minimum absolute atomic E-state index is 0.0804. The molecule has 0 fully saturated rings. The van der Waals surface area contributed by atoms with Crippen molar-refractivity contribution in [2.45, 2.75) is 19.9 Å². The summed E-state index contributed by atoms with van der Waals surface area (Å²) in [7, 11) is 0. The molecule has 0 aliphatic heterocycles. The van der Waals surface area contributed by atoms with E-state index in [1.165, 1.54) is 24.3 Å². The molecule has 0 aromatic heterocycles. The Hall–Kier alpha value is -2.70. The zero-order valence-electron chi connectivity index (χ0n) is 11.6. The number of hydrogen-bond donors (Lipinski definition) is 2. The molecule has 7 nitrogen and oxygen atoms in total. The number of nitrogens with zero attached hydrogens (tertiary/aromatic N) is 1. The fraction of sp³-hybridized carbons (Fsp3) is 0.286. The summed E-state index contributed by atoms with van der Waals surface area (Å²) >= 11 is 0. The third-order valence-corrected chi connectivity index (χ3v) is 2.74. The smallest absolute Gasteiger partial charge is 0.326 e. The largest absolute Gasteiger partial charge is 0.480 e. The minimum Gasteiger partial charge on any atom is -0.480 e. The lowest BCUT2D eigenvalue weighted by molar-refractivity contribution is -0.384. The number of non-ortho nitro benzene ring substituents is 1. The number of aliphatic carboxylic acids is 1. The van der Waals surface area contributed by atoms with Crippen molar-refractivity contribution < 1.29 is 19.6 Å². The maximum Gasteiger partial charge on any atom is 0.326 e. The molecular formula is C14H16N2O5. The molecule has 1 aromatic carbocycles. The molecule has 1 rings (SSSR count). The number of nitro benzene ring substituents is 1. The molecule has 112 valence electrons. The van der Waals surface area contributed by atoms with Crippen molar-refractivity contribution in [3.8, 4) is 0 Å². The first-order valence-corrected chi connectivity index (χ1v) is 6.27. The third kappa shape index (κ3) is 5.06. The molecule has 1 amide bonds. The Morgan fingerprint density at radius 3 is 2.57 bits per heavy atom. The standard InChI is InChI=1S/C14H16N2O5/c1-9(2)13(14(18)19)15-12(17)7-6-10-4-3-5-11(8-10)16(20)21/h3-9,13H,1-2H3,(H,15,17)(H,18,19)/b7-6+. The number of nitrogens with one attached hydrogen (secondary N) is 1. The summed E-state index contributed by atoms with van der Waals surface area (Å²) in [6.45, 7) is 3.37. The van der Waals surface area contributed by atoms with Crippen LogP contribution in [0.2, 0.25) is 0 Å². The van der Waals surface area contributed by atoms with E-state index in [2.05, 4.69) is 5.32 Å². The normalized spacial score (nSPS) is 12.3. The van der Waals surface area contributed by atoms with E-state index in [0.29, 0.717) is 5.56 Å². The van der Waals surface area contributed by atoms with Gasteiger partial charge in [0.2, 0.25) is 5.91 Å². The van der Waals surface area contributed by atoms with Gasteiger partial charge in [-0.05, 0) is 17.6 Å². The van der Waals surface area contributed by atoms with Crippen LogP contribution in [0.1, 0.15) is 19.4 Å². The van der Waals surface area contributed by atoms with Crippen LogP contribution in [-0.2, 0) is 9.59 Å². The van der Waals surface area contributed by atoms with Gasteiger partial charge in [-0.2, -0.15) is 0 Å². The van der Waals surface area contributed by atoms with Gasteiger partial charge in [-0.1, -0.05) is 26.0 Å². The predicted molar refractivity (Wildman–Crippen MR) is 76.5 cm³/mol. The number of benzene rings is 1. The van der Waals surface area contributed by atoms with Crippen LogP contribution >= 0.6 is 0 Å². The van der Waals surface area contributed by atoms with Gasteiger partial charge in [0.25, 0.3) is 5.69 Å². The second-order valence-corrected chi connectivity index (χ2v) is 4.75. The summed E-state index contributed by atoms with van der Waals surface area (Å²) in [6.07, 6.45) is 2.54. The first-order chi connectivity index (χ1) is 9.81. The van der Waals surface area contributed by atoms with Crippen LogP contribution in [0.5, 0.6) is 0 Å². The number of carboxylic acids is 1. The van der Waals surface area contributed by atoms with Crippen molar-refractivity contribution in [1.29, 1.82) is 0 Å². The Morgan fingerprint density at radius 2 is 2.05 bits per heavy atom. The topological polar surface area (TPSA) is 110 Å². The zero-order valence-corrected chi connectivity index (χ0v) is 11.6. The number of rotatable bonds is 6. The summed E-state index contributed by atoms with van der Waals surface area (Å²) in [4.78, 5) is 32.7. The van der Waals surface area contributed by atoms with Crippen LogP contribution in [0.3, 0.4) is 0 Å². The van der Waals surface area contributed by atoms with Crippen molar-refractivity contribution in [2.75, 3.05) is 0 Å². The first kappa shape index (κ1) is 16.4. The average Bonchev–Trinajstić information content (AvgIpc) is 2.42. The van der Waals surface area contributed by atoms with Crippen LogP contribution in [0.15, 0.2) is 30.3 Å². The molecule has 1 aromatic rings. The van der Waals surface area contributed by atoms with E-state index in [1.54, 1.807) is 19.9 Å². The molecule has 0 saturated heterocycles. The van der Waals surface area contributed by atoms with Gasteiger partial charge in [-0.3, -0.25) is 14.9 Å². The second kappa shape index (κ2) is 7.18. The van der Waals surface area contributed by atoms with Crippen molar-refractivity contribution in [3.63, 3.8) is 0 Å². The molecule has 0 bridgehead atoms. The molecule has 21 heavy (non-hydrogen) atoms. The van der Waals surface area contributed by atoms with E-state index in [1.807, 2.05) is 0 Å². The van der Waals surface area contributed by atoms with Crippen molar-refractivity contribution in [2.24, 2.45) is 5.92 Å². The van der Waals surface area contributed by atoms with E-state index in [9.17, 15) is 19.7 Å². The molecule has 0 aliphatic rings. The van der Waals surface area contributed by atoms with E-state index < -0.39 is 22.8 Å². The minimum atomic E-state index is -1.11. The maximum atomic E-state index is 11.7. The quantitative estimate of drug-likeness (QED) is 0.472. The van der Waals surface area contributed by atoms with Gasteiger partial charge in [-0.15, -0.1) is 0 Å². The average molecular weight is 292 g/mol. The van der Waals surface area contributed by atoms with E-state index in [0.717, 1.165) is 6.08 Å². The molecule has 0 spiro atoms. The highest BCUT2D eigenvalue weighted by atomic mass is 16.6. The number of carbonyl (C=O) groups is 2. The van der Waals surface area contributed by atoms with Crippen LogP contribution in [0.25, 0.3) is 6.08 Å². The Morgan fingerprint density at radius 1 is 1.38 bits per heavy atom. The highest BCUT2D eigenvalue weighted by molar-refractivity contribution is 5.94. The van der Waals surface area contributed by atoms with Gasteiger partial charge in [0.05, 0.1) is 4.92 Å². The second-order valence-electron chi connectivity index (χ2n) is 4.75. The predicted octanol–water partition coefficient (Wildman–Crippen LogP) is 1.83. The molecular weight excluding hydrogens is 276 g/mol. The van der Waals surface area contributed by atoms with Crippen LogP contribution in [0.4, 0.5) is 5.69 Å². The SMILES string of the molecule is CC(C)C(NC(=O)/C=C/c1cccc([N+](=O)[O-])c1)C(=O)O. The number of amides is 1. The lowest BCUT2D eigenvalue weighted by atomic mass is 10.0. The molecule has 7 heteroatoms. The summed E-state index contributed by atoms with van der Waals surface area (Å²) in [5, 5.41) is 21.9. The molecule has 0 radical (unpaired) electrons. The number of nitro groups is 1. The Labute approximate surface area is 121 Å². The first-order valence-electron chi connectivity index (χ1n) is 6.27. The lowest BCUT2D eigenvalue weighted by Crippen LogP contribution is -2.43. The monoisotopic (exact) mass is 292 g/mol. The van der Waals surface area contributed by atoms with Gasteiger partial charge in [0, 0.05) is 18.2 Å². The van der Waals surface area contributed by atoms with E-state index >= 15 is 0 Å². The van der Waals surface area contributed by atoms with Crippen molar-refractivity contribution in [3.05, 3.63) is 46.0 Å². The summed E-state index contributed by atoms with van der Waals surface area (Å²) in [6, 6.07) is 4.79. The van der Waals surface area contributed by atoms with Crippen molar-refractivity contribution >= 4 is 23.6 Å². The van der Waals surface area contributed by atoms with Crippen LogP contribution in [0, 0.1) is 16.0 Å². The van der Waals surface area contributed by atoms with E-state index in [4.69, 9.17) is 5.11 Å². The van der Waals surface area contributed by atoms with Crippen LogP contribution in [-0.4, -0.2) is 27.9 Å². The molecule has 0 heterocycles. The molecule has 2 N–H and O–H groups in total. The van der Waals surface area contributed by atoms with Gasteiger partial charge in [0.1, 0.15) is 6.04 Å². The fourth-order valence-electron chi connectivity index (χ4n) is 1.63. The number of carbonyl (C=O) groups excluding carboxylic acids is 1. The fourth-order valence-corrected chi connectivity index (χ4v) is 1.63. The summed E-state index contributed by atoms with van der Waals surface area (Å²) < 4.78 is 0. The van der Waals surface area contributed by atoms with Gasteiger partial charge >= 0.3 is 5.97 Å². The van der Waals surface area contributed by atoms with Crippen molar-refractivity contribution in [1.82, 2.24) is 5.32 Å². The van der Waals surface area contributed by atoms with Gasteiger partial charge in [-0.25, -0.2) is 4.79 Å². The van der Waals surface area contributed by atoms with Crippen LogP contribution < -0.4 is 5.32 Å². The maximum absolute atomic E-state index is 11.7. The Kier molecular flexibility index (Phi) is 5.59.